The number of hydrogen-bond acceptors (Lipinski definition) is 3. The summed E-state index contributed by atoms with van der Waals surface area (Å²) < 4.78 is 5.13. The molecule has 1 atom stereocenters. The first-order valence-electron chi connectivity index (χ1n) is 7.77. The first kappa shape index (κ1) is 17.5. The van der Waals surface area contributed by atoms with E-state index in [0.29, 0.717) is 5.69 Å². The van der Waals surface area contributed by atoms with Crippen LogP contribution in [0.1, 0.15) is 23.6 Å². The summed E-state index contributed by atoms with van der Waals surface area (Å²) in [4.78, 5) is 23.9. The van der Waals surface area contributed by atoms with E-state index in [2.05, 4.69) is 5.32 Å². The third-order valence-electron chi connectivity index (χ3n) is 3.57. The molecule has 0 aromatic heterocycles. The number of amides is 1. The fraction of sp³-hybridized carbons (Fsp3) is 0.200. The lowest BCUT2D eigenvalue weighted by molar-refractivity contribution is -0.148. The predicted molar refractivity (Wildman–Crippen MR) is 95.6 cm³/mol. The quantitative estimate of drug-likeness (QED) is 0.671. The maximum atomic E-state index is 12.0. The van der Waals surface area contributed by atoms with Crippen molar-refractivity contribution in [2.75, 3.05) is 5.32 Å². The number of esters is 1. The molecule has 2 aromatic carbocycles. The lowest BCUT2D eigenvalue weighted by Crippen LogP contribution is -2.29. The normalized spacial score (nSPS) is 12.0. The zero-order chi connectivity index (χ0) is 17.5. The van der Waals surface area contributed by atoms with Crippen molar-refractivity contribution in [1.29, 1.82) is 0 Å². The Morgan fingerprint density at radius 2 is 1.71 bits per heavy atom. The van der Waals surface area contributed by atoms with Crippen LogP contribution in [0.5, 0.6) is 0 Å². The third kappa shape index (κ3) is 5.09. The molecule has 0 unspecified atom stereocenters. The van der Waals surface area contributed by atoms with Crippen LogP contribution in [0, 0.1) is 13.8 Å². The number of hydrogen-bond donors (Lipinski definition) is 1. The molecule has 2 rings (SSSR count). The summed E-state index contributed by atoms with van der Waals surface area (Å²) in [5, 5.41) is 2.72. The lowest BCUT2D eigenvalue weighted by atomic mass is 10.1. The standard InChI is InChI=1S/C20H21NO3/c1-14-8-11-18(12-9-14)21-20(23)16(3)24-19(22)13-10-17-7-5-4-6-15(17)2/h4-13,16H,1-3H3,(H,21,23)/b13-10+/t16-/m1/s1. The van der Waals surface area contributed by atoms with Crippen LogP contribution in [0.3, 0.4) is 0 Å². The van der Waals surface area contributed by atoms with E-state index in [1.807, 2.05) is 50.2 Å². The summed E-state index contributed by atoms with van der Waals surface area (Å²) >= 11 is 0. The number of carbonyl (C=O) groups excluding carboxylic acids is 2. The highest BCUT2D eigenvalue weighted by Crippen LogP contribution is 2.11. The van der Waals surface area contributed by atoms with E-state index in [4.69, 9.17) is 4.74 Å². The minimum Gasteiger partial charge on any atom is -0.449 e. The van der Waals surface area contributed by atoms with Gasteiger partial charge in [0.25, 0.3) is 5.91 Å². The molecule has 0 saturated carbocycles. The number of nitrogens with one attached hydrogen (secondary N) is 1. The molecule has 4 heteroatoms. The molecule has 1 amide bonds. The van der Waals surface area contributed by atoms with Crippen LogP contribution < -0.4 is 5.32 Å². The molecule has 0 spiro atoms. The lowest BCUT2D eigenvalue weighted by Gasteiger charge is -2.12. The highest BCUT2D eigenvalue weighted by Gasteiger charge is 2.16. The van der Waals surface area contributed by atoms with Gasteiger partial charge in [-0.05, 0) is 50.1 Å². The Bertz CT molecular complexity index is 748. The van der Waals surface area contributed by atoms with Gasteiger partial charge < -0.3 is 10.1 Å². The van der Waals surface area contributed by atoms with Crippen LogP contribution >= 0.6 is 0 Å². The number of benzene rings is 2. The molecule has 1 N–H and O–H groups in total. The van der Waals surface area contributed by atoms with Gasteiger partial charge in [-0.3, -0.25) is 4.79 Å². The second kappa shape index (κ2) is 8.11. The molecule has 4 nitrogen and oxygen atoms in total. The summed E-state index contributed by atoms with van der Waals surface area (Å²) in [5.74, 6) is -0.915. The van der Waals surface area contributed by atoms with Crippen LogP contribution in [0.15, 0.2) is 54.6 Å². The number of anilines is 1. The molecular weight excluding hydrogens is 302 g/mol. The summed E-state index contributed by atoms with van der Waals surface area (Å²) in [5.41, 5.74) is 3.77. The highest BCUT2D eigenvalue weighted by atomic mass is 16.5. The maximum absolute atomic E-state index is 12.0. The Kier molecular flexibility index (Phi) is 5.90. The molecule has 124 valence electrons. The number of rotatable bonds is 5. The van der Waals surface area contributed by atoms with Crippen LogP contribution in [0.2, 0.25) is 0 Å². The first-order chi connectivity index (χ1) is 11.5. The van der Waals surface area contributed by atoms with Gasteiger partial charge in [0.05, 0.1) is 0 Å². The Hall–Kier alpha value is -2.88. The van der Waals surface area contributed by atoms with Gasteiger partial charge >= 0.3 is 5.97 Å². The molecule has 0 aliphatic heterocycles. The van der Waals surface area contributed by atoms with Crippen molar-refractivity contribution in [1.82, 2.24) is 0 Å². The van der Waals surface area contributed by atoms with Gasteiger partial charge in [-0.1, -0.05) is 42.0 Å². The second-order valence-corrected chi connectivity index (χ2v) is 5.62. The number of ether oxygens (including phenoxy) is 1. The minimum atomic E-state index is -0.875. The molecule has 0 aliphatic carbocycles. The van der Waals surface area contributed by atoms with E-state index in [0.717, 1.165) is 16.7 Å². The van der Waals surface area contributed by atoms with E-state index in [1.165, 1.54) is 6.08 Å². The highest BCUT2D eigenvalue weighted by molar-refractivity contribution is 5.96. The summed E-state index contributed by atoms with van der Waals surface area (Å²) in [6, 6.07) is 15.1. The van der Waals surface area contributed by atoms with Crippen molar-refractivity contribution in [2.45, 2.75) is 26.9 Å². The van der Waals surface area contributed by atoms with Gasteiger partial charge in [-0.15, -0.1) is 0 Å². The van der Waals surface area contributed by atoms with Crippen molar-refractivity contribution in [3.63, 3.8) is 0 Å². The Balaban J connectivity index is 1.90. The summed E-state index contributed by atoms with van der Waals surface area (Å²) in [6.45, 7) is 5.47. The molecular formula is C20H21NO3. The van der Waals surface area contributed by atoms with Crippen LogP contribution in [-0.4, -0.2) is 18.0 Å². The SMILES string of the molecule is Cc1ccc(NC(=O)[C@@H](C)OC(=O)/C=C/c2ccccc2C)cc1. The molecule has 0 bridgehead atoms. The smallest absolute Gasteiger partial charge is 0.331 e. The third-order valence-corrected chi connectivity index (χ3v) is 3.57. The molecule has 0 heterocycles. The molecule has 0 saturated heterocycles. The van der Waals surface area contributed by atoms with E-state index < -0.39 is 12.1 Å². The zero-order valence-electron chi connectivity index (χ0n) is 14.1. The van der Waals surface area contributed by atoms with Crippen molar-refractivity contribution >= 4 is 23.6 Å². The molecule has 24 heavy (non-hydrogen) atoms. The fourth-order valence-electron chi connectivity index (χ4n) is 2.08. The summed E-state index contributed by atoms with van der Waals surface area (Å²) in [6.07, 6.45) is 2.14. The number of aryl methyl sites for hydroxylation is 2. The van der Waals surface area contributed by atoms with Gasteiger partial charge in [0.15, 0.2) is 6.10 Å². The van der Waals surface area contributed by atoms with Crippen molar-refractivity contribution in [2.24, 2.45) is 0 Å². The van der Waals surface area contributed by atoms with Crippen LogP contribution in [-0.2, 0) is 14.3 Å². The molecule has 0 aliphatic rings. The minimum absolute atomic E-state index is 0.364. The van der Waals surface area contributed by atoms with Crippen LogP contribution in [0.4, 0.5) is 5.69 Å². The average molecular weight is 323 g/mol. The van der Waals surface area contributed by atoms with Crippen LogP contribution in [0.25, 0.3) is 6.08 Å². The van der Waals surface area contributed by atoms with Crippen molar-refractivity contribution in [3.05, 3.63) is 71.3 Å². The Labute approximate surface area is 142 Å². The largest absolute Gasteiger partial charge is 0.449 e. The monoisotopic (exact) mass is 323 g/mol. The topological polar surface area (TPSA) is 55.4 Å². The second-order valence-electron chi connectivity index (χ2n) is 5.62. The average Bonchev–Trinajstić information content (AvgIpc) is 2.56. The Morgan fingerprint density at radius 3 is 2.38 bits per heavy atom. The first-order valence-corrected chi connectivity index (χ1v) is 7.77. The van der Waals surface area contributed by atoms with Gasteiger partial charge in [-0.2, -0.15) is 0 Å². The van der Waals surface area contributed by atoms with Crippen molar-refractivity contribution < 1.29 is 14.3 Å². The molecule has 0 fully saturated rings. The zero-order valence-corrected chi connectivity index (χ0v) is 14.1. The maximum Gasteiger partial charge on any atom is 0.331 e. The van der Waals surface area contributed by atoms with E-state index in [1.54, 1.807) is 25.1 Å². The van der Waals surface area contributed by atoms with Gasteiger partial charge in [0.1, 0.15) is 0 Å². The number of carbonyl (C=O) groups is 2. The Morgan fingerprint density at radius 1 is 1.04 bits per heavy atom. The molecule has 0 radical (unpaired) electrons. The summed E-state index contributed by atoms with van der Waals surface area (Å²) in [7, 11) is 0. The fourth-order valence-corrected chi connectivity index (χ4v) is 2.08. The van der Waals surface area contributed by atoms with Crippen molar-refractivity contribution in [3.8, 4) is 0 Å². The predicted octanol–water partition coefficient (Wildman–Crippen LogP) is 3.89. The van der Waals surface area contributed by atoms with Gasteiger partial charge in [0, 0.05) is 11.8 Å². The van der Waals surface area contributed by atoms with Gasteiger partial charge in [0.2, 0.25) is 0 Å². The molecule has 2 aromatic rings. The van der Waals surface area contributed by atoms with E-state index in [9.17, 15) is 9.59 Å². The van der Waals surface area contributed by atoms with Gasteiger partial charge in [-0.25, -0.2) is 4.79 Å². The van der Waals surface area contributed by atoms with E-state index >= 15 is 0 Å². The van der Waals surface area contributed by atoms with E-state index in [-0.39, 0.29) is 5.91 Å².